The molecule has 28 heavy (non-hydrogen) atoms. The number of thiocarbonyl (C=S) groups is 1. The highest BCUT2D eigenvalue weighted by Gasteiger charge is 2.47. The summed E-state index contributed by atoms with van der Waals surface area (Å²) in [6.45, 7) is 2.83. The number of amides is 2. The average Bonchev–Trinajstić information content (AvgIpc) is 3.34. The fourth-order valence-corrected chi connectivity index (χ4v) is 4.86. The summed E-state index contributed by atoms with van der Waals surface area (Å²) in [5, 5.41) is 1.52. The van der Waals surface area contributed by atoms with E-state index in [-0.39, 0.29) is 6.09 Å². The van der Waals surface area contributed by atoms with Crippen molar-refractivity contribution in [2.24, 2.45) is 5.73 Å². The highest BCUT2D eigenvalue weighted by Crippen LogP contribution is 2.30. The van der Waals surface area contributed by atoms with Crippen molar-refractivity contribution in [1.29, 1.82) is 0 Å². The number of hydrogen-bond donors (Lipinski definition) is 1. The maximum absolute atomic E-state index is 12.5. The van der Waals surface area contributed by atoms with Gasteiger partial charge in [0, 0.05) is 41.3 Å². The fourth-order valence-electron chi connectivity index (χ4n) is 3.66. The van der Waals surface area contributed by atoms with Crippen LogP contribution in [-0.2, 0) is 9.47 Å². The molecule has 3 heterocycles. The highest BCUT2D eigenvalue weighted by molar-refractivity contribution is 7.99. The molecule has 1 aromatic carbocycles. The largest absolute Gasteiger partial charge is 0.447 e. The van der Waals surface area contributed by atoms with Gasteiger partial charge in [0.1, 0.15) is 12.3 Å². The first kappa shape index (κ1) is 19.4. The van der Waals surface area contributed by atoms with Gasteiger partial charge in [-0.2, -0.15) is 11.8 Å². The standard InChI is InChI=1S/C18H22N4O4S2/c19-18(12-27,20-6-9-28-10-7-20)15-11-22(17(24)26-15)14-3-1-13(2-4-14)21-5-8-25-16(21)23/h1-4,12,15H,5-11,19H2/t15-,18?/m0/s1. The van der Waals surface area contributed by atoms with Gasteiger partial charge in [-0.15, -0.1) is 0 Å². The molecule has 1 unspecified atom stereocenters. The normalized spacial score (nSPS) is 25.4. The van der Waals surface area contributed by atoms with Crippen LogP contribution in [-0.4, -0.2) is 78.5 Å². The second-order valence-corrected chi connectivity index (χ2v) is 8.33. The molecule has 2 amide bonds. The molecule has 0 spiro atoms. The lowest BCUT2D eigenvalue weighted by molar-refractivity contribution is 0.0368. The molecule has 0 radical (unpaired) electrons. The number of anilines is 2. The molecule has 8 nitrogen and oxygen atoms in total. The minimum Gasteiger partial charge on any atom is -0.447 e. The summed E-state index contributed by atoms with van der Waals surface area (Å²) in [5.74, 6) is 1.96. The van der Waals surface area contributed by atoms with Gasteiger partial charge in [-0.3, -0.25) is 14.7 Å². The second-order valence-electron chi connectivity index (χ2n) is 6.87. The van der Waals surface area contributed by atoms with Crippen molar-refractivity contribution in [3.8, 4) is 0 Å². The molecule has 0 aliphatic carbocycles. The molecule has 2 atom stereocenters. The number of benzene rings is 1. The summed E-state index contributed by atoms with van der Waals surface area (Å²) in [6, 6.07) is 7.16. The van der Waals surface area contributed by atoms with Crippen LogP contribution in [0.25, 0.3) is 0 Å². The first-order valence-electron chi connectivity index (χ1n) is 9.13. The Labute approximate surface area is 172 Å². The third-order valence-electron chi connectivity index (χ3n) is 5.31. The quantitative estimate of drug-likeness (QED) is 0.717. The van der Waals surface area contributed by atoms with Crippen LogP contribution in [0.2, 0.25) is 0 Å². The zero-order valence-electron chi connectivity index (χ0n) is 15.3. The molecule has 3 aliphatic rings. The third-order valence-corrected chi connectivity index (χ3v) is 6.63. The highest BCUT2D eigenvalue weighted by atomic mass is 32.2. The van der Waals surface area contributed by atoms with E-state index < -0.39 is 17.9 Å². The summed E-state index contributed by atoms with van der Waals surface area (Å²) in [4.78, 5) is 29.4. The van der Waals surface area contributed by atoms with Crippen molar-refractivity contribution >= 4 is 52.9 Å². The van der Waals surface area contributed by atoms with Gasteiger partial charge in [0.05, 0.1) is 13.1 Å². The fraction of sp³-hybridized carbons (Fsp3) is 0.500. The van der Waals surface area contributed by atoms with Gasteiger partial charge in [0.25, 0.3) is 0 Å². The Morgan fingerprint density at radius 1 is 1.07 bits per heavy atom. The maximum Gasteiger partial charge on any atom is 0.414 e. The monoisotopic (exact) mass is 422 g/mol. The van der Waals surface area contributed by atoms with Crippen LogP contribution in [0.3, 0.4) is 0 Å². The summed E-state index contributed by atoms with van der Waals surface area (Å²) >= 11 is 7.11. The smallest absolute Gasteiger partial charge is 0.414 e. The van der Waals surface area contributed by atoms with Crippen LogP contribution in [0.1, 0.15) is 0 Å². The molecule has 1 aromatic rings. The summed E-state index contributed by atoms with van der Waals surface area (Å²) in [7, 11) is 0. The molecule has 10 heteroatoms. The van der Waals surface area contributed by atoms with Crippen LogP contribution < -0.4 is 15.5 Å². The molecule has 2 N–H and O–H groups in total. The number of thioether (sulfide) groups is 1. The maximum atomic E-state index is 12.5. The Bertz CT molecular complexity index is 771. The molecule has 3 aliphatic heterocycles. The van der Waals surface area contributed by atoms with E-state index in [1.165, 1.54) is 5.37 Å². The Balaban J connectivity index is 1.49. The van der Waals surface area contributed by atoms with Crippen LogP contribution in [0, 0.1) is 0 Å². The van der Waals surface area contributed by atoms with E-state index in [2.05, 4.69) is 4.90 Å². The molecular formula is C18H22N4O4S2. The Morgan fingerprint density at radius 3 is 2.29 bits per heavy atom. The van der Waals surface area contributed by atoms with Gasteiger partial charge in [0.15, 0.2) is 6.10 Å². The number of ether oxygens (including phenoxy) is 2. The van der Waals surface area contributed by atoms with E-state index in [1.54, 1.807) is 34.1 Å². The predicted octanol–water partition coefficient (Wildman–Crippen LogP) is 1.67. The van der Waals surface area contributed by atoms with Gasteiger partial charge in [-0.1, -0.05) is 12.2 Å². The summed E-state index contributed by atoms with van der Waals surface area (Å²) < 4.78 is 10.6. The summed E-state index contributed by atoms with van der Waals surface area (Å²) in [5.41, 5.74) is 7.04. The van der Waals surface area contributed by atoms with E-state index in [0.717, 1.165) is 30.3 Å². The summed E-state index contributed by atoms with van der Waals surface area (Å²) in [6.07, 6.45) is -1.35. The molecule has 0 saturated carbocycles. The van der Waals surface area contributed by atoms with E-state index in [4.69, 9.17) is 27.4 Å². The molecular weight excluding hydrogens is 400 g/mol. The van der Waals surface area contributed by atoms with Crippen LogP contribution >= 0.6 is 24.0 Å². The van der Waals surface area contributed by atoms with Crippen LogP contribution in [0.15, 0.2) is 24.3 Å². The number of carbonyl (C=O) groups excluding carboxylic acids is 2. The average molecular weight is 423 g/mol. The van der Waals surface area contributed by atoms with Crippen LogP contribution in [0.5, 0.6) is 0 Å². The van der Waals surface area contributed by atoms with E-state index in [9.17, 15) is 9.59 Å². The number of cyclic esters (lactones) is 2. The zero-order valence-corrected chi connectivity index (χ0v) is 16.9. The van der Waals surface area contributed by atoms with Crippen molar-refractivity contribution in [3.05, 3.63) is 24.3 Å². The minimum atomic E-state index is -0.972. The molecule has 4 rings (SSSR count). The van der Waals surface area contributed by atoms with Crippen molar-refractivity contribution in [1.82, 2.24) is 4.90 Å². The molecule has 3 saturated heterocycles. The Kier molecular flexibility index (Phi) is 5.46. The van der Waals surface area contributed by atoms with Crippen LogP contribution in [0.4, 0.5) is 21.0 Å². The first-order chi connectivity index (χ1) is 13.5. The topological polar surface area (TPSA) is 88.3 Å². The first-order valence-corrected chi connectivity index (χ1v) is 10.8. The van der Waals surface area contributed by atoms with Gasteiger partial charge < -0.3 is 15.2 Å². The number of nitrogens with two attached hydrogens (primary N) is 1. The lowest BCUT2D eigenvalue weighted by Gasteiger charge is -2.42. The van der Waals surface area contributed by atoms with E-state index >= 15 is 0 Å². The minimum absolute atomic E-state index is 0.317. The van der Waals surface area contributed by atoms with E-state index in [0.29, 0.717) is 25.4 Å². The molecule has 3 fully saturated rings. The lowest BCUT2D eigenvalue weighted by atomic mass is 10.0. The van der Waals surface area contributed by atoms with E-state index in [1.807, 2.05) is 11.8 Å². The van der Waals surface area contributed by atoms with Gasteiger partial charge in [-0.25, -0.2) is 9.59 Å². The Hall–Kier alpha value is -1.88. The van der Waals surface area contributed by atoms with Crippen molar-refractivity contribution in [2.75, 3.05) is 54.1 Å². The third kappa shape index (κ3) is 3.45. The number of rotatable bonds is 5. The lowest BCUT2D eigenvalue weighted by Crippen LogP contribution is -2.67. The molecule has 0 aromatic heterocycles. The predicted molar refractivity (Wildman–Crippen MR) is 112 cm³/mol. The molecule has 0 bridgehead atoms. The van der Waals surface area contributed by atoms with Gasteiger partial charge in [-0.05, 0) is 24.3 Å². The Morgan fingerprint density at radius 2 is 1.71 bits per heavy atom. The molecule has 150 valence electrons. The van der Waals surface area contributed by atoms with Crippen molar-refractivity contribution < 1.29 is 19.1 Å². The van der Waals surface area contributed by atoms with Gasteiger partial charge in [0.2, 0.25) is 0 Å². The van der Waals surface area contributed by atoms with Gasteiger partial charge >= 0.3 is 12.2 Å². The zero-order chi connectivity index (χ0) is 19.7. The van der Waals surface area contributed by atoms with Crippen molar-refractivity contribution in [3.63, 3.8) is 0 Å². The number of carbonyl (C=O) groups is 2. The SMILES string of the molecule is NC(C=S)([C@@H]1CN(c2ccc(N3CCOC3=O)cc2)C(=O)O1)N1CCSCC1. The number of nitrogens with zero attached hydrogens (tertiary/aromatic N) is 3. The van der Waals surface area contributed by atoms with Crippen molar-refractivity contribution in [2.45, 2.75) is 11.8 Å². The second kappa shape index (κ2) is 7.86. The number of hydrogen-bond acceptors (Lipinski definition) is 8.